The smallest absolute Gasteiger partial charge is 0.258 e. The molecule has 2 N–H and O–H groups in total. The van der Waals surface area contributed by atoms with E-state index < -0.39 is 17.0 Å². The number of benzene rings is 4. The Bertz CT molecular complexity index is 1370. The van der Waals surface area contributed by atoms with Gasteiger partial charge in [0.15, 0.2) is 0 Å². The molecule has 0 heterocycles. The largest absolute Gasteiger partial charge is 0.323 e. The predicted octanol–water partition coefficient (Wildman–Crippen LogP) is 7.86. The summed E-state index contributed by atoms with van der Waals surface area (Å²) < 4.78 is 14.0. The molecule has 4 nitrogen and oxygen atoms in total. The second-order valence-electron chi connectivity index (χ2n) is 7.48. The van der Waals surface area contributed by atoms with Crippen LogP contribution in [-0.4, -0.2) is 11.8 Å². The Kier molecular flexibility index (Phi) is 8.08. The third-order valence-electron chi connectivity index (χ3n) is 4.99. The molecule has 0 spiro atoms. The number of anilines is 2. The lowest BCUT2D eigenvalue weighted by atomic mass is 10.1. The first-order chi connectivity index (χ1) is 16.9. The second kappa shape index (κ2) is 11.4. The van der Waals surface area contributed by atoms with E-state index in [1.807, 2.05) is 36.4 Å². The summed E-state index contributed by atoms with van der Waals surface area (Å²) in [5.41, 5.74) is 1.68. The highest BCUT2D eigenvalue weighted by Gasteiger charge is 2.23. The Hall–Kier alpha value is -3.32. The van der Waals surface area contributed by atoms with Crippen molar-refractivity contribution in [3.63, 3.8) is 0 Å². The maximum atomic E-state index is 14.0. The van der Waals surface area contributed by atoms with Crippen LogP contribution in [0, 0.1) is 5.82 Å². The fourth-order valence-corrected chi connectivity index (χ4v) is 4.86. The number of thioether (sulfide) groups is 1. The van der Waals surface area contributed by atoms with Crippen LogP contribution in [0.1, 0.15) is 21.2 Å². The molecule has 0 aliphatic rings. The summed E-state index contributed by atoms with van der Waals surface area (Å²) in [4.78, 5) is 26.6. The molecular weight excluding hydrogens is 506 g/mol. The van der Waals surface area contributed by atoms with Gasteiger partial charge in [0, 0.05) is 15.6 Å². The number of hydrogen-bond donors (Lipinski definition) is 2. The summed E-state index contributed by atoms with van der Waals surface area (Å²) in [5, 5.41) is 5.77. The number of halogens is 3. The lowest BCUT2D eigenvalue weighted by Crippen LogP contribution is -2.19. The molecule has 8 heteroatoms. The third kappa shape index (κ3) is 6.42. The number of amides is 2. The Labute approximate surface area is 216 Å². The van der Waals surface area contributed by atoms with Gasteiger partial charge in [-0.2, -0.15) is 0 Å². The van der Waals surface area contributed by atoms with Crippen LogP contribution in [0.2, 0.25) is 10.0 Å². The van der Waals surface area contributed by atoms with Gasteiger partial charge in [0.2, 0.25) is 5.91 Å². The van der Waals surface area contributed by atoms with Crippen molar-refractivity contribution in [3.05, 3.63) is 124 Å². The summed E-state index contributed by atoms with van der Waals surface area (Å²) >= 11 is 13.5. The number of rotatable bonds is 7. The molecule has 1 atom stereocenters. The molecule has 0 aromatic heterocycles. The van der Waals surface area contributed by atoms with E-state index >= 15 is 0 Å². The molecule has 0 aliphatic heterocycles. The zero-order chi connectivity index (χ0) is 24.8. The van der Waals surface area contributed by atoms with Gasteiger partial charge in [-0.3, -0.25) is 9.59 Å². The van der Waals surface area contributed by atoms with E-state index in [9.17, 15) is 14.0 Å². The highest BCUT2D eigenvalue weighted by molar-refractivity contribution is 8.00. The van der Waals surface area contributed by atoms with E-state index in [0.717, 1.165) is 10.5 Å². The van der Waals surface area contributed by atoms with Crippen molar-refractivity contribution in [2.45, 2.75) is 10.1 Å². The van der Waals surface area contributed by atoms with Crippen LogP contribution in [0.15, 0.2) is 102 Å². The molecule has 0 bridgehead atoms. The summed E-state index contributed by atoms with van der Waals surface area (Å²) in [6.45, 7) is 0. The summed E-state index contributed by atoms with van der Waals surface area (Å²) in [7, 11) is 0. The van der Waals surface area contributed by atoms with Gasteiger partial charge in [-0.05, 0) is 54.1 Å². The SMILES string of the molecule is O=C(Nc1cccc(SC(C(=O)Nc2ccc(Cl)cc2Cl)c2ccccc2)c1)c1ccccc1F. The van der Waals surface area contributed by atoms with Crippen LogP contribution in [0.25, 0.3) is 0 Å². The van der Waals surface area contributed by atoms with Crippen LogP contribution in [0.3, 0.4) is 0 Å². The number of carbonyl (C=O) groups is 2. The first-order valence-electron chi connectivity index (χ1n) is 10.5. The zero-order valence-electron chi connectivity index (χ0n) is 18.2. The molecule has 0 radical (unpaired) electrons. The Morgan fingerprint density at radius 2 is 1.54 bits per heavy atom. The first-order valence-corrected chi connectivity index (χ1v) is 12.2. The first kappa shape index (κ1) is 24.8. The lowest BCUT2D eigenvalue weighted by Gasteiger charge is -2.18. The number of nitrogens with one attached hydrogen (secondary N) is 2. The monoisotopic (exact) mass is 524 g/mol. The van der Waals surface area contributed by atoms with Gasteiger partial charge in [0.25, 0.3) is 5.91 Å². The Balaban J connectivity index is 1.56. The molecule has 176 valence electrons. The molecule has 0 aliphatic carbocycles. The maximum Gasteiger partial charge on any atom is 0.258 e. The molecule has 0 saturated heterocycles. The van der Waals surface area contributed by atoms with Crippen LogP contribution in [0.5, 0.6) is 0 Å². The molecule has 4 aromatic carbocycles. The quantitative estimate of drug-likeness (QED) is 0.242. The van der Waals surface area contributed by atoms with Gasteiger partial charge in [-0.1, -0.05) is 71.7 Å². The van der Waals surface area contributed by atoms with Crippen molar-refractivity contribution < 1.29 is 14.0 Å². The van der Waals surface area contributed by atoms with E-state index in [1.165, 1.54) is 30.0 Å². The van der Waals surface area contributed by atoms with Crippen molar-refractivity contribution in [2.24, 2.45) is 0 Å². The average molecular weight is 525 g/mol. The van der Waals surface area contributed by atoms with Crippen molar-refractivity contribution >= 4 is 58.2 Å². The average Bonchev–Trinajstić information content (AvgIpc) is 2.85. The van der Waals surface area contributed by atoms with Crippen LogP contribution in [0.4, 0.5) is 15.8 Å². The minimum absolute atomic E-state index is 0.0491. The minimum atomic E-state index is -0.611. The normalized spacial score (nSPS) is 11.5. The third-order valence-corrected chi connectivity index (χ3v) is 6.79. The van der Waals surface area contributed by atoms with E-state index in [4.69, 9.17) is 23.2 Å². The van der Waals surface area contributed by atoms with Crippen LogP contribution in [-0.2, 0) is 4.79 Å². The number of hydrogen-bond acceptors (Lipinski definition) is 3. The van der Waals surface area contributed by atoms with E-state index in [1.54, 1.807) is 42.5 Å². The molecule has 4 rings (SSSR count). The lowest BCUT2D eigenvalue weighted by molar-refractivity contribution is -0.115. The summed E-state index contributed by atoms with van der Waals surface area (Å²) in [6, 6.07) is 27.0. The molecule has 2 amide bonds. The molecule has 0 fully saturated rings. The molecule has 1 unspecified atom stereocenters. The standard InChI is InChI=1S/C27H19Cl2FN2O2S/c28-18-13-14-24(22(29)15-18)32-27(34)25(17-7-2-1-3-8-17)35-20-10-6-9-19(16-20)31-26(33)21-11-4-5-12-23(21)30/h1-16,25H,(H,31,33)(H,32,34). The van der Waals surface area contributed by atoms with Crippen molar-refractivity contribution in [2.75, 3.05) is 10.6 Å². The van der Waals surface area contributed by atoms with Gasteiger partial charge in [-0.15, -0.1) is 11.8 Å². The van der Waals surface area contributed by atoms with Crippen molar-refractivity contribution in [3.8, 4) is 0 Å². The Morgan fingerprint density at radius 1 is 0.800 bits per heavy atom. The van der Waals surface area contributed by atoms with Crippen molar-refractivity contribution in [1.29, 1.82) is 0 Å². The molecular formula is C27H19Cl2FN2O2S. The fourth-order valence-electron chi connectivity index (χ4n) is 3.32. The van der Waals surface area contributed by atoms with Crippen molar-refractivity contribution in [1.82, 2.24) is 0 Å². The van der Waals surface area contributed by atoms with Gasteiger partial charge in [0.05, 0.1) is 16.3 Å². The van der Waals surface area contributed by atoms with E-state index in [-0.39, 0.29) is 11.5 Å². The minimum Gasteiger partial charge on any atom is -0.323 e. The summed E-state index contributed by atoms with van der Waals surface area (Å²) in [6.07, 6.45) is 0. The van der Waals surface area contributed by atoms with Gasteiger partial charge in [-0.25, -0.2) is 4.39 Å². The van der Waals surface area contributed by atoms with Crippen LogP contribution >= 0.6 is 35.0 Å². The van der Waals surface area contributed by atoms with Crippen LogP contribution < -0.4 is 10.6 Å². The highest BCUT2D eigenvalue weighted by atomic mass is 35.5. The second-order valence-corrected chi connectivity index (χ2v) is 9.51. The van der Waals surface area contributed by atoms with Gasteiger partial charge < -0.3 is 10.6 Å². The van der Waals surface area contributed by atoms with E-state index in [0.29, 0.717) is 21.4 Å². The molecule has 4 aromatic rings. The fraction of sp³-hybridized carbons (Fsp3) is 0.0370. The van der Waals surface area contributed by atoms with E-state index in [2.05, 4.69) is 10.6 Å². The topological polar surface area (TPSA) is 58.2 Å². The van der Waals surface area contributed by atoms with Gasteiger partial charge >= 0.3 is 0 Å². The maximum absolute atomic E-state index is 14.0. The predicted molar refractivity (Wildman–Crippen MR) is 141 cm³/mol. The number of carbonyl (C=O) groups excluding carboxylic acids is 2. The zero-order valence-corrected chi connectivity index (χ0v) is 20.5. The molecule has 0 saturated carbocycles. The molecule has 35 heavy (non-hydrogen) atoms. The van der Waals surface area contributed by atoms with Gasteiger partial charge in [0.1, 0.15) is 11.1 Å². The highest BCUT2D eigenvalue weighted by Crippen LogP contribution is 2.38. The summed E-state index contributed by atoms with van der Waals surface area (Å²) in [5.74, 6) is -1.43. The Morgan fingerprint density at radius 3 is 2.29 bits per heavy atom.